The molecule has 2 heterocycles. The van der Waals surface area contributed by atoms with Gasteiger partial charge in [-0.3, -0.25) is 14.8 Å². The lowest BCUT2D eigenvalue weighted by Gasteiger charge is -2.11. The highest BCUT2D eigenvalue weighted by atomic mass is 16.4. The van der Waals surface area contributed by atoms with Crippen LogP contribution in [0.25, 0.3) is 22.0 Å². The summed E-state index contributed by atoms with van der Waals surface area (Å²) in [6, 6.07) is 17.9. The van der Waals surface area contributed by atoms with Gasteiger partial charge in [0.1, 0.15) is 0 Å². The summed E-state index contributed by atoms with van der Waals surface area (Å²) in [5.74, 6) is -1.28. The summed E-state index contributed by atoms with van der Waals surface area (Å²) in [5, 5.41) is 12.7. The van der Waals surface area contributed by atoms with Gasteiger partial charge in [0.25, 0.3) is 5.91 Å². The molecular formula is C23H17N3O3. The molecule has 29 heavy (non-hydrogen) atoms. The number of anilines is 1. The second-order valence-electron chi connectivity index (χ2n) is 6.62. The van der Waals surface area contributed by atoms with Crippen molar-refractivity contribution in [2.24, 2.45) is 0 Å². The van der Waals surface area contributed by atoms with Crippen LogP contribution in [0.1, 0.15) is 26.4 Å². The van der Waals surface area contributed by atoms with E-state index in [0.717, 1.165) is 16.8 Å². The van der Waals surface area contributed by atoms with Crippen molar-refractivity contribution in [3.8, 4) is 11.1 Å². The molecule has 0 unspecified atom stereocenters. The maximum atomic E-state index is 12.9. The average molecular weight is 383 g/mol. The van der Waals surface area contributed by atoms with E-state index in [9.17, 15) is 9.59 Å². The number of nitrogens with zero attached hydrogens (tertiary/aromatic N) is 2. The number of carbonyl (C=O) groups excluding carboxylic acids is 1. The van der Waals surface area contributed by atoms with Crippen LogP contribution < -0.4 is 5.32 Å². The number of carboxylic acid groups (broad SMARTS) is 1. The van der Waals surface area contributed by atoms with Gasteiger partial charge in [-0.05, 0) is 42.8 Å². The van der Waals surface area contributed by atoms with Crippen molar-refractivity contribution >= 4 is 28.5 Å². The minimum atomic E-state index is -1.03. The molecule has 0 aliphatic heterocycles. The van der Waals surface area contributed by atoms with E-state index in [1.54, 1.807) is 36.5 Å². The number of rotatable bonds is 4. The van der Waals surface area contributed by atoms with Gasteiger partial charge < -0.3 is 10.4 Å². The fraction of sp³-hybridized carbons (Fsp3) is 0.0435. The van der Waals surface area contributed by atoms with Gasteiger partial charge in [0.2, 0.25) is 0 Å². The molecule has 1 amide bonds. The van der Waals surface area contributed by atoms with Gasteiger partial charge in [-0.2, -0.15) is 0 Å². The summed E-state index contributed by atoms with van der Waals surface area (Å²) in [6.45, 7) is 1.91. The van der Waals surface area contributed by atoms with E-state index in [2.05, 4.69) is 15.3 Å². The fourth-order valence-electron chi connectivity index (χ4n) is 3.07. The zero-order chi connectivity index (χ0) is 20.4. The van der Waals surface area contributed by atoms with Crippen LogP contribution in [0.2, 0.25) is 0 Å². The normalized spacial score (nSPS) is 10.7. The summed E-state index contributed by atoms with van der Waals surface area (Å²) in [6.07, 6.45) is 3.05. The number of aryl methyl sites for hydroxylation is 1. The number of hydrogen-bond donors (Lipinski definition) is 2. The topological polar surface area (TPSA) is 92.2 Å². The Balaban J connectivity index is 1.64. The summed E-state index contributed by atoms with van der Waals surface area (Å²) in [4.78, 5) is 32.5. The monoisotopic (exact) mass is 383 g/mol. The molecule has 0 spiro atoms. The summed E-state index contributed by atoms with van der Waals surface area (Å²) < 4.78 is 0. The maximum Gasteiger partial charge on any atom is 0.337 e. The SMILES string of the molecule is Cc1ccc(-c2ccccc2C(=O)Nc2ccc3cc(C(=O)O)cnc3c2)cn1. The molecule has 2 N–H and O–H groups in total. The van der Waals surface area contributed by atoms with Crippen molar-refractivity contribution in [2.75, 3.05) is 5.32 Å². The van der Waals surface area contributed by atoms with Crippen molar-refractivity contribution in [3.05, 3.63) is 89.9 Å². The first-order valence-electron chi connectivity index (χ1n) is 8.98. The van der Waals surface area contributed by atoms with Gasteiger partial charge >= 0.3 is 5.97 Å². The van der Waals surface area contributed by atoms with E-state index in [4.69, 9.17) is 5.11 Å². The first-order valence-corrected chi connectivity index (χ1v) is 8.98. The minimum Gasteiger partial charge on any atom is -0.478 e. The number of fused-ring (bicyclic) bond motifs is 1. The van der Waals surface area contributed by atoms with Crippen LogP contribution in [0, 0.1) is 6.92 Å². The Morgan fingerprint density at radius 3 is 2.52 bits per heavy atom. The predicted octanol–water partition coefficient (Wildman–Crippen LogP) is 4.56. The number of aromatic carboxylic acids is 1. The van der Waals surface area contributed by atoms with E-state index >= 15 is 0 Å². The molecule has 0 fully saturated rings. The quantitative estimate of drug-likeness (QED) is 0.539. The second-order valence-corrected chi connectivity index (χ2v) is 6.62. The van der Waals surface area contributed by atoms with Crippen molar-refractivity contribution in [3.63, 3.8) is 0 Å². The van der Waals surface area contributed by atoms with Crippen LogP contribution in [0.15, 0.2) is 73.1 Å². The zero-order valence-corrected chi connectivity index (χ0v) is 15.6. The van der Waals surface area contributed by atoms with Crippen molar-refractivity contribution < 1.29 is 14.7 Å². The molecule has 0 radical (unpaired) electrons. The van der Waals surface area contributed by atoms with Gasteiger partial charge in [0, 0.05) is 40.3 Å². The Kier molecular flexibility index (Phi) is 4.75. The van der Waals surface area contributed by atoms with E-state index in [1.165, 1.54) is 6.20 Å². The van der Waals surface area contributed by atoms with E-state index in [1.807, 2.05) is 37.3 Å². The van der Waals surface area contributed by atoms with Gasteiger partial charge in [-0.1, -0.05) is 30.3 Å². The fourth-order valence-corrected chi connectivity index (χ4v) is 3.07. The molecule has 2 aromatic heterocycles. The Morgan fingerprint density at radius 2 is 1.76 bits per heavy atom. The lowest BCUT2D eigenvalue weighted by atomic mass is 10.0. The Bertz CT molecular complexity index is 1230. The predicted molar refractivity (Wildman–Crippen MR) is 111 cm³/mol. The van der Waals surface area contributed by atoms with E-state index < -0.39 is 5.97 Å². The summed E-state index contributed by atoms with van der Waals surface area (Å²) in [5.41, 5.74) is 4.40. The molecule has 6 heteroatoms. The number of aromatic nitrogens is 2. The molecule has 0 aliphatic rings. The van der Waals surface area contributed by atoms with E-state index in [0.29, 0.717) is 22.2 Å². The van der Waals surface area contributed by atoms with E-state index in [-0.39, 0.29) is 11.5 Å². The molecule has 4 aromatic rings. The van der Waals surface area contributed by atoms with Crippen molar-refractivity contribution in [1.29, 1.82) is 0 Å². The molecular weight excluding hydrogens is 366 g/mol. The third-order valence-corrected chi connectivity index (χ3v) is 4.58. The summed E-state index contributed by atoms with van der Waals surface area (Å²) >= 11 is 0. The molecule has 0 aliphatic carbocycles. The molecule has 142 valence electrons. The van der Waals surface area contributed by atoms with Crippen LogP contribution >= 0.6 is 0 Å². The standard InChI is InChI=1S/C23H17N3O3/c1-14-6-7-16(12-24-14)19-4-2-3-5-20(19)22(27)26-18-9-8-15-10-17(23(28)29)13-25-21(15)11-18/h2-13H,1H3,(H,26,27)(H,28,29). The molecule has 4 rings (SSSR count). The van der Waals surface area contributed by atoms with Gasteiger partial charge in [-0.25, -0.2) is 4.79 Å². The second kappa shape index (κ2) is 7.52. The lowest BCUT2D eigenvalue weighted by Crippen LogP contribution is -2.13. The Labute approximate surface area is 166 Å². The zero-order valence-electron chi connectivity index (χ0n) is 15.6. The largest absolute Gasteiger partial charge is 0.478 e. The van der Waals surface area contributed by atoms with Crippen LogP contribution in [0.3, 0.4) is 0 Å². The molecule has 0 saturated heterocycles. The Morgan fingerprint density at radius 1 is 0.931 bits per heavy atom. The van der Waals surface area contributed by atoms with Gasteiger partial charge in [0.05, 0.1) is 11.1 Å². The molecule has 2 aromatic carbocycles. The number of benzene rings is 2. The minimum absolute atomic E-state index is 0.120. The maximum absolute atomic E-state index is 12.9. The number of carboxylic acids is 1. The highest BCUT2D eigenvalue weighted by Gasteiger charge is 2.13. The molecule has 0 bridgehead atoms. The van der Waals surface area contributed by atoms with Crippen LogP contribution in [0.5, 0.6) is 0 Å². The first kappa shape index (κ1) is 18.3. The third kappa shape index (κ3) is 3.82. The Hall–Kier alpha value is -4.06. The molecule has 0 saturated carbocycles. The molecule has 6 nitrogen and oxygen atoms in total. The number of pyridine rings is 2. The van der Waals surface area contributed by atoms with Gasteiger partial charge in [-0.15, -0.1) is 0 Å². The lowest BCUT2D eigenvalue weighted by molar-refractivity contribution is 0.0696. The van der Waals surface area contributed by atoms with Crippen LogP contribution in [-0.2, 0) is 0 Å². The van der Waals surface area contributed by atoms with Crippen LogP contribution in [0.4, 0.5) is 5.69 Å². The first-order chi connectivity index (χ1) is 14.0. The number of hydrogen-bond acceptors (Lipinski definition) is 4. The number of nitrogens with one attached hydrogen (secondary N) is 1. The summed E-state index contributed by atoms with van der Waals surface area (Å²) in [7, 11) is 0. The highest BCUT2D eigenvalue weighted by Crippen LogP contribution is 2.25. The van der Waals surface area contributed by atoms with Crippen LogP contribution in [-0.4, -0.2) is 27.0 Å². The van der Waals surface area contributed by atoms with Crippen molar-refractivity contribution in [2.45, 2.75) is 6.92 Å². The number of carbonyl (C=O) groups is 2. The molecule has 0 atom stereocenters. The average Bonchev–Trinajstić information content (AvgIpc) is 2.74. The smallest absolute Gasteiger partial charge is 0.337 e. The highest BCUT2D eigenvalue weighted by molar-refractivity contribution is 6.09. The van der Waals surface area contributed by atoms with Crippen molar-refractivity contribution in [1.82, 2.24) is 9.97 Å². The third-order valence-electron chi connectivity index (χ3n) is 4.58. The van der Waals surface area contributed by atoms with Gasteiger partial charge in [0.15, 0.2) is 0 Å². The number of amides is 1.